The number of fused-ring (bicyclic) bond motifs is 9. The molecule has 1 saturated heterocycles. The minimum absolute atomic E-state index is 0.0650. The van der Waals surface area contributed by atoms with Gasteiger partial charge >= 0.3 is 4.87 Å². The number of ether oxygens (including phenoxy) is 1. The second-order valence-electron chi connectivity index (χ2n) is 12.2. The van der Waals surface area contributed by atoms with Crippen LogP contribution < -0.4 is 14.5 Å². The molecule has 7 atom stereocenters. The van der Waals surface area contributed by atoms with Gasteiger partial charge in [0.25, 0.3) is 5.69 Å². The lowest BCUT2D eigenvalue weighted by molar-refractivity contribution is -0.385. The first-order valence-electron chi connectivity index (χ1n) is 14.7. The summed E-state index contributed by atoms with van der Waals surface area (Å²) < 4.78 is 6.37. The molecule has 9 nitrogen and oxygen atoms in total. The number of aryl methyl sites for hydroxylation is 1. The molecule has 2 amide bonds. The van der Waals surface area contributed by atoms with Crippen LogP contribution in [-0.2, 0) is 16.2 Å². The number of nitro groups is 1. The fourth-order valence-corrected chi connectivity index (χ4v) is 11.2. The molecule has 1 aromatic heterocycles. The number of H-pyrrole nitrogens is 1. The molecule has 2 saturated carbocycles. The molecule has 12 heteroatoms. The first-order chi connectivity index (χ1) is 21.7. The Bertz CT molecular complexity index is 1960. The largest absolute Gasteiger partial charge is 0.489 e. The number of nitro benzene ring substituents is 1. The van der Waals surface area contributed by atoms with Crippen LogP contribution >= 0.6 is 34.7 Å². The molecule has 2 aliphatic heterocycles. The van der Waals surface area contributed by atoms with Crippen molar-refractivity contribution in [3.63, 3.8) is 0 Å². The van der Waals surface area contributed by atoms with E-state index in [-0.39, 0.29) is 52.0 Å². The van der Waals surface area contributed by atoms with E-state index in [1.807, 2.05) is 31.2 Å². The zero-order chi connectivity index (χ0) is 31.1. The summed E-state index contributed by atoms with van der Waals surface area (Å²) in [6, 6.07) is 19.3. The molecule has 0 spiro atoms. The number of hydrogen-bond acceptors (Lipinski definition) is 8. The number of thiazole rings is 1. The Balaban J connectivity index is 1.22. The molecule has 4 aliphatic rings. The van der Waals surface area contributed by atoms with Gasteiger partial charge in [0.2, 0.25) is 11.8 Å². The predicted octanol–water partition coefficient (Wildman–Crippen LogP) is 6.56. The number of carbonyl (C=O) groups is 2. The predicted molar refractivity (Wildman–Crippen MR) is 171 cm³/mol. The number of imide groups is 1. The number of aromatic amines is 1. The van der Waals surface area contributed by atoms with Gasteiger partial charge in [-0.3, -0.25) is 29.4 Å². The topological polar surface area (TPSA) is 123 Å². The summed E-state index contributed by atoms with van der Waals surface area (Å²) in [5.74, 6) is -1.67. The van der Waals surface area contributed by atoms with Crippen LogP contribution in [0.15, 0.2) is 76.6 Å². The number of thioether (sulfide) groups is 1. The highest BCUT2D eigenvalue weighted by atomic mass is 35.5. The summed E-state index contributed by atoms with van der Waals surface area (Å²) >= 11 is 8.76. The zero-order valence-electron chi connectivity index (χ0n) is 23.8. The van der Waals surface area contributed by atoms with E-state index in [1.165, 1.54) is 11.0 Å². The maximum atomic E-state index is 14.0. The number of rotatable bonds is 6. The highest BCUT2D eigenvalue weighted by molar-refractivity contribution is 8.00. The molecule has 3 fully saturated rings. The summed E-state index contributed by atoms with van der Waals surface area (Å²) in [5, 5.41) is 13.2. The molecular weight excluding hydrogens is 634 g/mol. The van der Waals surface area contributed by atoms with Crippen molar-refractivity contribution < 1.29 is 19.2 Å². The molecule has 4 aromatic rings. The monoisotopic (exact) mass is 659 g/mol. The third-order valence-corrected chi connectivity index (χ3v) is 12.7. The van der Waals surface area contributed by atoms with Gasteiger partial charge in [-0.25, -0.2) is 0 Å². The number of benzene rings is 3. The number of halogens is 1. The van der Waals surface area contributed by atoms with E-state index < -0.39 is 22.7 Å². The lowest BCUT2D eigenvalue weighted by Crippen LogP contribution is -2.42. The molecule has 2 bridgehead atoms. The van der Waals surface area contributed by atoms with Gasteiger partial charge in [0.1, 0.15) is 12.4 Å². The number of anilines is 1. The van der Waals surface area contributed by atoms with E-state index in [1.54, 1.807) is 48.2 Å². The van der Waals surface area contributed by atoms with Gasteiger partial charge in [0, 0.05) is 38.8 Å². The molecule has 3 heterocycles. The van der Waals surface area contributed by atoms with Gasteiger partial charge in [-0.15, -0.1) is 11.8 Å². The van der Waals surface area contributed by atoms with Crippen molar-refractivity contribution in [2.75, 3.05) is 4.90 Å². The normalized spacial score (nSPS) is 27.8. The summed E-state index contributed by atoms with van der Waals surface area (Å²) in [7, 11) is 0. The molecule has 3 aromatic carbocycles. The van der Waals surface area contributed by atoms with Crippen molar-refractivity contribution in [2.24, 2.45) is 29.6 Å². The zero-order valence-corrected chi connectivity index (χ0v) is 26.2. The molecule has 1 N–H and O–H groups in total. The van der Waals surface area contributed by atoms with Crippen molar-refractivity contribution in [2.45, 2.75) is 36.1 Å². The van der Waals surface area contributed by atoms with Crippen LogP contribution in [0.3, 0.4) is 0 Å². The molecule has 0 radical (unpaired) electrons. The highest BCUT2D eigenvalue weighted by Crippen LogP contribution is 2.69. The summed E-state index contributed by atoms with van der Waals surface area (Å²) in [4.78, 5) is 57.1. The average molecular weight is 660 g/mol. The van der Waals surface area contributed by atoms with Crippen molar-refractivity contribution in [1.82, 2.24) is 4.98 Å². The maximum Gasteiger partial charge on any atom is 0.305 e. The SMILES string of the molecule is Cc1cccc(COc2ccc([N+](=O)[O-])cc2[C@@H]2c3sc(=O)[nH]c3S[C@@H]3[C@@H]4C[C@@H]([C@@H]5C(=O)N(c6ccc(Cl)cc6)C(=O)[C@@H]45)[C@@H]23)c1. The number of aromatic nitrogens is 1. The van der Waals surface area contributed by atoms with Gasteiger partial charge in [-0.05, 0) is 67.0 Å². The van der Waals surface area contributed by atoms with E-state index >= 15 is 0 Å². The van der Waals surface area contributed by atoms with Crippen LogP contribution in [0.1, 0.15) is 33.9 Å². The Hall–Kier alpha value is -3.93. The van der Waals surface area contributed by atoms with Crippen molar-refractivity contribution >= 4 is 57.9 Å². The van der Waals surface area contributed by atoms with E-state index in [4.69, 9.17) is 16.3 Å². The van der Waals surface area contributed by atoms with Crippen LogP contribution in [0.4, 0.5) is 11.4 Å². The quantitative estimate of drug-likeness (QED) is 0.141. The molecular formula is C33H26ClN3O6S2. The Morgan fingerprint density at radius 3 is 2.51 bits per heavy atom. The van der Waals surface area contributed by atoms with Crippen LogP contribution in [0.2, 0.25) is 5.02 Å². The third kappa shape index (κ3) is 4.46. The summed E-state index contributed by atoms with van der Waals surface area (Å²) in [6.07, 6.45) is 0.702. The van der Waals surface area contributed by atoms with Gasteiger partial charge in [-0.1, -0.05) is 52.8 Å². The van der Waals surface area contributed by atoms with Crippen LogP contribution in [0.25, 0.3) is 0 Å². The number of non-ortho nitro benzene ring substituents is 1. The average Bonchev–Trinajstić information content (AvgIpc) is 3.75. The smallest absolute Gasteiger partial charge is 0.305 e. The van der Waals surface area contributed by atoms with Gasteiger partial charge in [0.15, 0.2) is 0 Å². The lowest BCUT2D eigenvalue weighted by atomic mass is 9.68. The number of carbonyl (C=O) groups excluding carboxylic acids is 2. The fraction of sp³-hybridized carbons (Fsp3) is 0.303. The molecule has 45 heavy (non-hydrogen) atoms. The number of nitrogens with zero attached hydrogens (tertiary/aromatic N) is 2. The third-order valence-electron chi connectivity index (χ3n) is 9.82. The molecule has 8 rings (SSSR count). The minimum atomic E-state index is -0.505. The minimum Gasteiger partial charge on any atom is -0.489 e. The number of hydrogen-bond donors (Lipinski definition) is 1. The van der Waals surface area contributed by atoms with Gasteiger partial charge in [0.05, 0.1) is 27.5 Å². The Morgan fingerprint density at radius 2 is 1.78 bits per heavy atom. The Labute approximate surface area is 270 Å². The highest BCUT2D eigenvalue weighted by Gasteiger charge is 2.70. The van der Waals surface area contributed by atoms with E-state index in [0.29, 0.717) is 28.4 Å². The van der Waals surface area contributed by atoms with Crippen LogP contribution in [-0.4, -0.2) is 27.0 Å². The van der Waals surface area contributed by atoms with Crippen LogP contribution in [0, 0.1) is 46.6 Å². The summed E-state index contributed by atoms with van der Waals surface area (Å²) in [5.41, 5.74) is 3.11. The van der Waals surface area contributed by atoms with E-state index in [9.17, 15) is 24.5 Å². The van der Waals surface area contributed by atoms with Gasteiger partial charge in [-0.2, -0.15) is 0 Å². The molecule has 0 unspecified atom stereocenters. The second kappa shape index (κ2) is 10.6. The Morgan fingerprint density at radius 1 is 1.02 bits per heavy atom. The number of nitrogens with one attached hydrogen (secondary N) is 1. The van der Waals surface area contributed by atoms with Crippen LogP contribution in [0.5, 0.6) is 5.75 Å². The maximum absolute atomic E-state index is 14.0. The molecule has 228 valence electrons. The lowest BCUT2D eigenvalue weighted by Gasteiger charge is -2.43. The van der Waals surface area contributed by atoms with Gasteiger partial charge < -0.3 is 9.72 Å². The Kier molecular flexibility index (Phi) is 6.70. The van der Waals surface area contributed by atoms with Crippen molar-refractivity contribution in [1.29, 1.82) is 0 Å². The van der Waals surface area contributed by atoms with Crippen molar-refractivity contribution in [3.8, 4) is 5.75 Å². The number of amides is 2. The van der Waals surface area contributed by atoms with E-state index in [2.05, 4.69) is 4.98 Å². The first kappa shape index (κ1) is 28.5. The standard InChI is InChI=1S/C33H26ClN3O6S2/c1-15-3-2-4-16(11-15)14-43-23-10-9-19(37(41)42)12-20(23)24-25-21-13-22(28(25)44-30-29(24)45-33(40)35-30)27-26(21)31(38)36(32(27)39)18-7-5-17(34)6-8-18/h2-12,21-22,24-28H,13-14H2,1H3,(H,35,40)/t21-,22-,24+,25+,26+,27+,28-/m1/s1. The summed E-state index contributed by atoms with van der Waals surface area (Å²) in [6.45, 7) is 2.26. The molecule has 2 aliphatic carbocycles. The second-order valence-corrected chi connectivity index (χ2v) is 14.8. The first-order valence-corrected chi connectivity index (χ1v) is 16.8. The van der Waals surface area contributed by atoms with Crippen molar-refractivity contribution in [3.05, 3.63) is 113 Å². The van der Waals surface area contributed by atoms with E-state index in [0.717, 1.165) is 32.4 Å². The fourth-order valence-electron chi connectivity index (χ4n) is 8.20.